The predicted molar refractivity (Wildman–Crippen MR) is 72.5 cm³/mol. The van der Waals surface area contributed by atoms with E-state index < -0.39 is 0 Å². The first kappa shape index (κ1) is 15.2. The Morgan fingerprint density at radius 1 is 1.22 bits per heavy atom. The molecular formula is C13H27N3O2. The number of carbonyl (C=O) groups excluding carboxylic acids is 1. The van der Waals surface area contributed by atoms with Crippen LogP contribution < -0.4 is 5.73 Å². The largest absolute Gasteiger partial charge is 0.447 e. The van der Waals surface area contributed by atoms with Crippen LogP contribution in [0.1, 0.15) is 33.1 Å². The van der Waals surface area contributed by atoms with E-state index >= 15 is 0 Å². The molecule has 0 radical (unpaired) electrons. The maximum absolute atomic E-state index is 11.8. The Morgan fingerprint density at radius 2 is 2.00 bits per heavy atom. The number of ether oxygens (including phenoxy) is 1. The second-order valence-electron chi connectivity index (χ2n) is 5.11. The molecule has 1 saturated heterocycles. The molecule has 18 heavy (non-hydrogen) atoms. The zero-order valence-electron chi connectivity index (χ0n) is 11.7. The van der Waals surface area contributed by atoms with Crippen LogP contribution >= 0.6 is 0 Å². The summed E-state index contributed by atoms with van der Waals surface area (Å²) in [5, 5.41) is 0. The van der Waals surface area contributed by atoms with Gasteiger partial charge in [0.15, 0.2) is 0 Å². The van der Waals surface area contributed by atoms with Crippen molar-refractivity contribution in [2.75, 3.05) is 39.3 Å². The molecule has 0 bridgehead atoms. The van der Waals surface area contributed by atoms with E-state index in [1.54, 1.807) is 0 Å². The molecule has 5 heteroatoms. The summed E-state index contributed by atoms with van der Waals surface area (Å²) in [5.41, 5.74) is 5.50. The van der Waals surface area contributed by atoms with Gasteiger partial charge in [0, 0.05) is 19.6 Å². The molecule has 0 aromatic rings. The van der Waals surface area contributed by atoms with Gasteiger partial charge in [-0.3, -0.25) is 0 Å². The minimum Gasteiger partial charge on any atom is -0.447 e. The zero-order valence-corrected chi connectivity index (χ0v) is 11.7. The van der Waals surface area contributed by atoms with E-state index in [2.05, 4.69) is 4.90 Å². The number of nitrogens with two attached hydrogens (primary N) is 1. The van der Waals surface area contributed by atoms with Crippen LogP contribution in [0, 0.1) is 0 Å². The fraction of sp³-hybridized carbons (Fsp3) is 0.923. The molecule has 0 saturated carbocycles. The SMILES string of the molecule is CC(C)OC(=O)N1CCCN(CCCCN)CC1. The summed E-state index contributed by atoms with van der Waals surface area (Å²) in [6, 6.07) is 0. The van der Waals surface area contributed by atoms with E-state index in [0.717, 1.165) is 58.5 Å². The monoisotopic (exact) mass is 257 g/mol. The van der Waals surface area contributed by atoms with Gasteiger partial charge in [0.05, 0.1) is 6.10 Å². The molecule has 2 N–H and O–H groups in total. The van der Waals surface area contributed by atoms with Gasteiger partial charge in [0.1, 0.15) is 0 Å². The van der Waals surface area contributed by atoms with E-state index in [1.807, 2.05) is 18.7 Å². The second-order valence-corrected chi connectivity index (χ2v) is 5.11. The standard InChI is InChI=1S/C13H27N3O2/c1-12(2)18-13(17)16-9-5-8-15(10-11-16)7-4-3-6-14/h12H,3-11,14H2,1-2H3. The number of carbonyl (C=O) groups is 1. The first-order chi connectivity index (χ1) is 8.63. The lowest BCUT2D eigenvalue weighted by Gasteiger charge is -2.22. The first-order valence-corrected chi connectivity index (χ1v) is 7.01. The van der Waals surface area contributed by atoms with E-state index in [-0.39, 0.29) is 12.2 Å². The van der Waals surface area contributed by atoms with Crippen molar-refractivity contribution in [3.8, 4) is 0 Å². The topological polar surface area (TPSA) is 58.8 Å². The minimum absolute atomic E-state index is 0.0404. The summed E-state index contributed by atoms with van der Waals surface area (Å²) < 4.78 is 5.23. The fourth-order valence-electron chi connectivity index (χ4n) is 2.13. The molecule has 0 atom stereocenters. The van der Waals surface area contributed by atoms with Crippen molar-refractivity contribution in [2.45, 2.75) is 39.2 Å². The molecule has 0 aromatic heterocycles. The second kappa shape index (κ2) is 8.32. The molecule has 1 heterocycles. The third-order valence-corrected chi connectivity index (χ3v) is 3.11. The third-order valence-electron chi connectivity index (χ3n) is 3.11. The zero-order chi connectivity index (χ0) is 13.4. The molecule has 0 aromatic carbocycles. The van der Waals surface area contributed by atoms with Gasteiger partial charge in [0.2, 0.25) is 0 Å². The van der Waals surface area contributed by atoms with Crippen LogP contribution in [0.3, 0.4) is 0 Å². The van der Waals surface area contributed by atoms with Gasteiger partial charge in [-0.25, -0.2) is 4.79 Å². The van der Waals surface area contributed by atoms with Crippen LogP contribution in [-0.4, -0.2) is 61.3 Å². The summed E-state index contributed by atoms with van der Waals surface area (Å²) in [7, 11) is 0. The molecule has 1 amide bonds. The normalized spacial score (nSPS) is 17.9. The fourth-order valence-corrected chi connectivity index (χ4v) is 2.13. The summed E-state index contributed by atoms with van der Waals surface area (Å²) in [4.78, 5) is 16.0. The van der Waals surface area contributed by atoms with E-state index in [4.69, 9.17) is 10.5 Å². The van der Waals surface area contributed by atoms with E-state index in [1.165, 1.54) is 0 Å². The quantitative estimate of drug-likeness (QED) is 0.754. The van der Waals surface area contributed by atoms with Gasteiger partial charge in [-0.2, -0.15) is 0 Å². The Bertz CT molecular complexity index is 246. The van der Waals surface area contributed by atoms with Gasteiger partial charge >= 0.3 is 6.09 Å². The van der Waals surface area contributed by atoms with Crippen LogP contribution in [0.5, 0.6) is 0 Å². The maximum Gasteiger partial charge on any atom is 0.410 e. The lowest BCUT2D eigenvalue weighted by atomic mass is 10.3. The summed E-state index contributed by atoms with van der Waals surface area (Å²) in [5.74, 6) is 0. The Morgan fingerprint density at radius 3 is 2.67 bits per heavy atom. The lowest BCUT2D eigenvalue weighted by molar-refractivity contribution is 0.0778. The van der Waals surface area contributed by atoms with Gasteiger partial charge < -0.3 is 20.3 Å². The smallest absolute Gasteiger partial charge is 0.410 e. The Kier molecular flexibility index (Phi) is 7.05. The van der Waals surface area contributed by atoms with Crippen LogP contribution in [0.25, 0.3) is 0 Å². The summed E-state index contributed by atoms with van der Waals surface area (Å²) in [6.45, 7) is 9.20. The van der Waals surface area contributed by atoms with Crippen molar-refractivity contribution in [3.63, 3.8) is 0 Å². The molecule has 1 aliphatic heterocycles. The number of rotatable bonds is 5. The molecule has 0 aliphatic carbocycles. The molecular weight excluding hydrogens is 230 g/mol. The van der Waals surface area contributed by atoms with Crippen LogP contribution in [0.15, 0.2) is 0 Å². The lowest BCUT2D eigenvalue weighted by Crippen LogP contribution is -2.36. The van der Waals surface area contributed by atoms with Gasteiger partial charge in [-0.05, 0) is 52.7 Å². The van der Waals surface area contributed by atoms with Gasteiger partial charge in [0.25, 0.3) is 0 Å². The highest BCUT2D eigenvalue weighted by atomic mass is 16.6. The molecule has 5 nitrogen and oxygen atoms in total. The average Bonchev–Trinajstić information content (AvgIpc) is 2.54. The number of hydrogen-bond donors (Lipinski definition) is 1. The number of unbranched alkanes of at least 4 members (excludes halogenated alkanes) is 1. The van der Waals surface area contributed by atoms with Crippen LogP contribution in [-0.2, 0) is 4.74 Å². The third kappa shape index (κ3) is 5.69. The summed E-state index contributed by atoms with van der Waals surface area (Å²) >= 11 is 0. The van der Waals surface area contributed by atoms with Gasteiger partial charge in [-0.15, -0.1) is 0 Å². The Hall–Kier alpha value is -0.810. The van der Waals surface area contributed by atoms with Gasteiger partial charge in [-0.1, -0.05) is 0 Å². The van der Waals surface area contributed by atoms with Crippen LogP contribution in [0.4, 0.5) is 4.79 Å². The van der Waals surface area contributed by atoms with Crippen molar-refractivity contribution in [1.82, 2.24) is 9.80 Å². The minimum atomic E-state index is -0.172. The van der Waals surface area contributed by atoms with E-state index in [0.29, 0.717) is 0 Å². The molecule has 106 valence electrons. The highest BCUT2D eigenvalue weighted by Gasteiger charge is 2.20. The summed E-state index contributed by atoms with van der Waals surface area (Å²) in [6.07, 6.45) is 3.04. The average molecular weight is 257 g/mol. The number of hydrogen-bond acceptors (Lipinski definition) is 4. The molecule has 1 fully saturated rings. The Balaban J connectivity index is 2.29. The maximum atomic E-state index is 11.8. The van der Waals surface area contributed by atoms with Crippen molar-refractivity contribution < 1.29 is 9.53 Å². The number of amides is 1. The van der Waals surface area contributed by atoms with Crippen LogP contribution in [0.2, 0.25) is 0 Å². The van der Waals surface area contributed by atoms with Crippen molar-refractivity contribution in [2.24, 2.45) is 5.73 Å². The molecule has 0 spiro atoms. The molecule has 0 unspecified atom stereocenters. The van der Waals surface area contributed by atoms with Crippen molar-refractivity contribution in [3.05, 3.63) is 0 Å². The highest BCUT2D eigenvalue weighted by molar-refractivity contribution is 5.67. The van der Waals surface area contributed by atoms with Crippen molar-refractivity contribution >= 4 is 6.09 Å². The predicted octanol–water partition coefficient (Wildman–Crippen LogP) is 1.28. The first-order valence-electron chi connectivity index (χ1n) is 7.01. The Labute approximate surface area is 110 Å². The van der Waals surface area contributed by atoms with E-state index in [9.17, 15) is 4.79 Å². The molecule has 1 rings (SSSR count). The highest BCUT2D eigenvalue weighted by Crippen LogP contribution is 2.07. The number of nitrogens with zero attached hydrogens (tertiary/aromatic N) is 2. The molecule has 1 aliphatic rings. The van der Waals surface area contributed by atoms with Crippen molar-refractivity contribution in [1.29, 1.82) is 0 Å².